The zero-order chi connectivity index (χ0) is 7.98. The fourth-order valence-electron chi connectivity index (χ4n) is 0.565. The molecule has 10 heavy (non-hydrogen) atoms. The van der Waals surface area contributed by atoms with Crippen molar-refractivity contribution >= 4 is 0 Å². The van der Waals surface area contributed by atoms with E-state index in [0.717, 1.165) is 17.6 Å². The molecule has 0 fully saturated rings. The van der Waals surface area contributed by atoms with E-state index >= 15 is 0 Å². The molecule has 0 bridgehead atoms. The SMILES string of the molecule is C=C/C(=C\C(=C)CC)CN. The second-order valence-electron chi connectivity index (χ2n) is 2.14. The first-order valence-corrected chi connectivity index (χ1v) is 3.45. The summed E-state index contributed by atoms with van der Waals surface area (Å²) in [5.74, 6) is 0. The number of hydrogen-bond donors (Lipinski definition) is 1. The summed E-state index contributed by atoms with van der Waals surface area (Å²) in [6.45, 7) is 10.1. The van der Waals surface area contributed by atoms with Crippen LogP contribution in [0, 0.1) is 0 Å². The second kappa shape index (κ2) is 5.00. The molecule has 1 heteroatoms. The summed E-state index contributed by atoms with van der Waals surface area (Å²) in [4.78, 5) is 0. The Bertz CT molecular complexity index is 154. The molecule has 0 saturated carbocycles. The Kier molecular flexibility index (Phi) is 4.59. The van der Waals surface area contributed by atoms with Gasteiger partial charge in [0, 0.05) is 6.54 Å². The lowest BCUT2D eigenvalue weighted by Crippen LogP contribution is -2.00. The normalized spacial score (nSPS) is 11.2. The van der Waals surface area contributed by atoms with Gasteiger partial charge >= 0.3 is 0 Å². The van der Waals surface area contributed by atoms with Gasteiger partial charge in [0.15, 0.2) is 0 Å². The van der Waals surface area contributed by atoms with Crippen molar-refractivity contribution in [3.8, 4) is 0 Å². The van der Waals surface area contributed by atoms with E-state index in [4.69, 9.17) is 5.73 Å². The van der Waals surface area contributed by atoms with Crippen LogP contribution < -0.4 is 5.73 Å². The van der Waals surface area contributed by atoms with Gasteiger partial charge in [0.05, 0.1) is 0 Å². The molecule has 0 aliphatic heterocycles. The minimum atomic E-state index is 0.544. The van der Waals surface area contributed by atoms with E-state index in [1.54, 1.807) is 6.08 Å². The number of allylic oxidation sites excluding steroid dienone is 2. The third-order valence-electron chi connectivity index (χ3n) is 1.34. The van der Waals surface area contributed by atoms with Gasteiger partial charge in [-0.15, -0.1) is 0 Å². The van der Waals surface area contributed by atoms with Crippen LogP contribution in [0.1, 0.15) is 13.3 Å². The third-order valence-corrected chi connectivity index (χ3v) is 1.34. The van der Waals surface area contributed by atoms with Gasteiger partial charge in [-0.1, -0.05) is 37.8 Å². The molecule has 0 radical (unpaired) electrons. The number of rotatable bonds is 4. The molecular formula is C9H15N. The topological polar surface area (TPSA) is 26.0 Å². The van der Waals surface area contributed by atoms with Gasteiger partial charge in [0.2, 0.25) is 0 Å². The van der Waals surface area contributed by atoms with Crippen LogP contribution in [0.25, 0.3) is 0 Å². The monoisotopic (exact) mass is 137 g/mol. The van der Waals surface area contributed by atoms with E-state index in [9.17, 15) is 0 Å². The van der Waals surface area contributed by atoms with Crippen molar-refractivity contribution in [3.05, 3.63) is 36.5 Å². The quantitative estimate of drug-likeness (QED) is 0.589. The van der Waals surface area contributed by atoms with Gasteiger partial charge in [-0.2, -0.15) is 0 Å². The smallest absolute Gasteiger partial charge is 0.0177 e. The van der Waals surface area contributed by atoms with Crippen LogP contribution in [0.4, 0.5) is 0 Å². The lowest BCUT2D eigenvalue weighted by atomic mass is 10.1. The number of nitrogens with two attached hydrogens (primary N) is 1. The molecule has 0 unspecified atom stereocenters. The van der Waals surface area contributed by atoms with Crippen molar-refractivity contribution in [2.45, 2.75) is 13.3 Å². The summed E-state index contributed by atoms with van der Waals surface area (Å²) in [5, 5.41) is 0. The summed E-state index contributed by atoms with van der Waals surface area (Å²) in [5.41, 5.74) is 7.55. The molecule has 0 aliphatic carbocycles. The fourth-order valence-corrected chi connectivity index (χ4v) is 0.565. The van der Waals surface area contributed by atoms with E-state index in [1.165, 1.54) is 0 Å². The largest absolute Gasteiger partial charge is 0.326 e. The van der Waals surface area contributed by atoms with E-state index in [-0.39, 0.29) is 0 Å². The Labute approximate surface area is 62.9 Å². The van der Waals surface area contributed by atoms with Crippen LogP contribution in [0.2, 0.25) is 0 Å². The Morgan fingerprint density at radius 1 is 1.60 bits per heavy atom. The Balaban J connectivity index is 4.09. The van der Waals surface area contributed by atoms with Crippen molar-refractivity contribution in [1.29, 1.82) is 0 Å². The zero-order valence-electron chi connectivity index (χ0n) is 6.56. The molecule has 0 rings (SSSR count). The van der Waals surface area contributed by atoms with Crippen LogP contribution in [0.15, 0.2) is 36.5 Å². The maximum atomic E-state index is 5.41. The van der Waals surface area contributed by atoms with Crippen LogP contribution in [-0.2, 0) is 0 Å². The molecule has 0 heterocycles. The Morgan fingerprint density at radius 3 is 2.50 bits per heavy atom. The van der Waals surface area contributed by atoms with Crippen molar-refractivity contribution in [2.24, 2.45) is 5.73 Å². The highest BCUT2D eigenvalue weighted by Gasteiger charge is 1.87. The highest BCUT2D eigenvalue weighted by atomic mass is 14.5. The molecular weight excluding hydrogens is 122 g/mol. The van der Waals surface area contributed by atoms with Crippen molar-refractivity contribution in [1.82, 2.24) is 0 Å². The average Bonchev–Trinajstić information content (AvgIpc) is 1.99. The van der Waals surface area contributed by atoms with Crippen molar-refractivity contribution in [3.63, 3.8) is 0 Å². The summed E-state index contributed by atoms with van der Waals surface area (Å²) < 4.78 is 0. The minimum Gasteiger partial charge on any atom is -0.326 e. The average molecular weight is 137 g/mol. The van der Waals surface area contributed by atoms with E-state index in [0.29, 0.717) is 6.54 Å². The van der Waals surface area contributed by atoms with Crippen LogP contribution in [0.3, 0.4) is 0 Å². The van der Waals surface area contributed by atoms with E-state index in [2.05, 4.69) is 20.1 Å². The zero-order valence-corrected chi connectivity index (χ0v) is 6.56. The molecule has 0 saturated heterocycles. The summed E-state index contributed by atoms with van der Waals surface area (Å²) >= 11 is 0. The third kappa shape index (κ3) is 3.25. The lowest BCUT2D eigenvalue weighted by Gasteiger charge is -1.97. The van der Waals surface area contributed by atoms with Gasteiger partial charge < -0.3 is 5.73 Å². The molecule has 0 aromatic heterocycles. The predicted molar refractivity (Wildman–Crippen MR) is 46.8 cm³/mol. The summed E-state index contributed by atoms with van der Waals surface area (Å²) in [6.07, 6.45) is 4.71. The first-order valence-electron chi connectivity index (χ1n) is 3.45. The Morgan fingerprint density at radius 2 is 2.20 bits per heavy atom. The van der Waals surface area contributed by atoms with E-state index < -0.39 is 0 Å². The van der Waals surface area contributed by atoms with Crippen molar-refractivity contribution < 1.29 is 0 Å². The maximum absolute atomic E-state index is 5.41. The predicted octanol–water partition coefficient (Wildman–Crippen LogP) is 2.02. The minimum absolute atomic E-state index is 0.544. The first kappa shape index (κ1) is 9.18. The van der Waals surface area contributed by atoms with Gasteiger partial charge in [-0.3, -0.25) is 0 Å². The van der Waals surface area contributed by atoms with Crippen LogP contribution >= 0.6 is 0 Å². The molecule has 0 aromatic carbocycles. The molecule has 0 amide bonds. The number of hydrogen-bond acceptors (Lipinski definition) is 1. The maximum Gasteiger partial charge on any atom is 0.0177 e. The highest BCUT2D eigenvalue weighted by Crippen LogP contribution is 2.03. The van der Waals surface area contributed by atoms with Gasteiger partial charge in [0.25, 0.3) is 0 Å². The molecule has 0 aliphatic rings. The summed E-state index contributed by atoms with van der Waals surface area (Å²) in [7, 11) is 0. The molecule has 56 valence electrons. The standard InChI is InChI=1S/C9H15N/c1-4-8(3)6-9(5-2)7-10/h5-6H,2-4,7,10H2,1H3/b9-6+. The van der Waals surface area contributed by atoms with Gasteiger partial charge in [-0.05, 0) is 12.0 Å². The summed E-state index contributed by atoms with van der Waals surface area (Å²) in [6, 6.07) is 0. The van der Waals surface area contributed by atoms with Crippen LogP contribution in [0.5, 0.6) is 0 Å². The molecule has 1 nitrogen and oxygen atoms in total. The van der Waals surface area contributed by atoms with Crippen molar-refractivity contribution in [2.75, 3.05) is 6.54 Å². The van der Waals surface area contributed by atoms with Gasteiger partial charge in [-0.25, -0.2) is 0 Å². The fraction of sp³-hybridized carbons (Fsp3) is 0.333. The molecule has 0 aromatic rings. The van der Waals surface area contributed by atoms with E-state index in [1.807, 2.05) is 6.08 Å². The van der Waals surface area contributed by atoms with Crippen LogP contribution in [-0.4, -0.2) is 6.54 Å². The molecule has 2 N–H and O–H groups in total. The van der Waals surface area contributed by atoms with Gasteiger partial charge in [0.1, 0.15) is 0 Å². The molecule has 0 atom stereocenters. The molecule has 0 spiro atoms. The lowest BCUT2D eigenvalue weighted by molar-refractivity contribution is 1.13. The first-order chi connectivity index (χ1) is 4.74. The second-order valence-corrected chi connectivity index (χ2v) is 2.14. The highest BCUT2D eigenvalue weighted by molar-refractivity contribution is 5.27. The Hall–Kier alpha value is -0.820.